The van der Waals surface area contributed by atoms with E-state index in [2.05, 4.69) is 10.3 Å². The van der Waals surface area contributed by atoms with Crippen molar-refractivity contribution in [3.63, 3.8) is 0 Å². The summed E-state index contributed by atoms with van der Waals surface area (Å²) in [5.74, 6) is -0.400. The highest BCUT2D eigenvalue weighted by Crippen LogP contribution is 2.17. The molecule has 0 radical (unpaired) electrons. The predicted molar refractivity (Wildman–Crippen MR) is 81.7 cm³/mol. The molecule has 1 aromatic rings. The SMILES string of the molecule is CN(C)S(=O)(=O)C[C@@H]1COC[C@@H]1NC(=O)Cc1ccncc1. The maximum Gasteiger partial charge on any atom is 0.224 e. The van der Waals surface area contributed by atoms with Crippen LogP contribution in [0.3, 0.4) is 0 Å². The molecule has 0 aromatic carbocycles. The normalized spacial score (nSPS) is 22.0. The Morgan fingerprint density at radius 2 is 2.05 bits per heavy atom. The first-order valence-electron chi connectivity index (χ1n) is 7.04. The monoisotopic (exact) mass is 327 g/mol. The molecule has 1 saturated heterocycles. The number of pyridine rings is 1. The van der Waals surface area contributed by atoms with Crippen molar-refractivity contribution in [2.75, 3.05) is 33.1 Å². The second kappa shape index (κ2) is 7.17. The molecule has 1 aliphatic heterocycles. The zero-order chi connectivity index (χ0) is 16.2. The molecule has 0 saturated carbocycles. The van der Waals surface area contributed by atoms with Crippen LogP contribution in [0.15, 0.2) is 24.5 Å². The molecule has 1 aliphatic rings. The van der Waals surface area contributed by atoms with Crippen LogP contribution < -0.4 is 5.32 Å². The van der Waals surface area contributed by atoms with E-state index in [1.165, 1.54) is 18.4 Å². The molecule has 0 bridgehead atoms. The average Bonchev–Trinajstić information content (AvgIpc) is 2.86. The van der Waals surface area contributed by atoms with Gasteiger partial charge < -0.3 is 10.1 Å². The van der Waals surface area contributed by atoms with Crippen LogP contribution in [0.2, 0.25) is 0 Å². The van der Waals surface area contributed by atoms with Crippen molar-refractivity contribution in [3.8, 4) is 0 Å². The van der Waals surface area contributed by atoms with Gasteiger partial charge in [0, 0.05) is 32.4 Å². The fraction of sp³-hybridized carbons (Fsp3) is 0.571. The van der Waals surface area contributed by atoms with Gasteiger partial charge in [-0.05, 0) is 17.7 Å². The first-order valence-corrected chi connectivity index (χ1v) is 8.65. The highest BCUT2D eigenvalue weighted by atomic mass is 32.2. The van der Waals surface area contributed by atoms with Crippen molar-refractivity contribution in [1.29, 1.82) is 0 Å². The number of nitrogens with one attached hydrogen (secondary N) is 1. The average molecular weight is 327 g/mol. The molecule has 0 unspecified atom stereocenters. The van der Waals surface area contributed by atoms with Crippen molar-refractivity contribution in [1.82, 2.24) is 14.6 Å². The van der Waals surface area contributed by atoms with Gasteiger partial charge in [0.05, 0.1) is 31.4 Å². The number of aromatic nitrogens is 1. The van der Waals surface area contributed by atoms with Crippen molar-refractivity contribution >= 4 is 15.9 Å². The van der Waals surface area contributed by atoms with E-state index in [9.17, 15) is 13.2 Å². The molecule has 8 heteroatoms. The van der Waals surface area contributed by atoms with E-state index >= 15 is 0 Å². The Morgan fingerprint density at radius 3 is 2.68 bits per heavy atom. The van der Waals surface area contributed by atoms with Crippen molar-refractivity contribution in [3.05, 3.63) is 30.1 Å². The number of hydrogen-bond donors (Lipinski definition) is 1. The number of carbonyl (C=O) groups excluding carboxylic acids is 1. The van der Waals surface area contributed by atoms with Gasteiger partial charge in [0.2, 0.25) is 15.9 Å². The third kappa shape index (κ3) is 4.49. The summed E-state index contributed by atoms with van der Waals surface area (Å²) in [5.41, 5.74) is 0.865. The zero-order valence-corrected chi connectivity index (χ0v) is 13.5. The molecular weight excluding hydrogens is 306 g/mol. The summed E-state index contributed by atoms with van der Waals surface area (Å²) in [6.07, 6.45) is 3.51. The number of hydrogen-bond acceptors (Lipinski definition) is 5. The molecule has 1 aromatic heterocycles. The van der Waals surface area contributed by atoms with Gasteiger partial charge in [-0.2, -0.15) is 0 Å². The fourth-order valence-corrected chi connectivity index (χ4v) is 3.45. The molecule has 1 fully saturated rings. The van der Waals surface area contributed by atoms with E-state index < -0.39 is 10.0 Å². The molecule has 2 rings (SSSR count). The summed E-state index contributed by atoms with van der Waals surface area (Å²) in [4.78, 5) is 16.0. The molecule has 22 heavy (non-hydrogen) atoms. The number of carbonyl (C=O) groups is 1. The Morgan fingerprint density at radius 1 is 1.36 bits per heavy atom. The molecule has 0 aliphatic carbocycles. The lowest BCUT2D eigenvalue weighted by molar-refractivity contribution is -0.121. The minimum absolute atomic E-state index is 0.0276. The number of ether oxygens (including phenoxy) is 1. The molecule has 2 atom stereocenters. The topological polar surface area (TPSA) is 88.6 Å². The van der Waals surface area contributed by atoms with Gasteiger partial charge in [-0.25, -0.2) is 12.7 Å². The lowest BCUT2D eigenvalue weighted by atomic mass is 10.1. The van der Waals surface area contributed by atoms with Gasteiger partial charge in [0.25, 0.3) is 0 Å². The molecule has 1 N–H and O–H groups in total. The lowest BCUT2D eigenvalue weighted by Gasteiger charge is -2.21. The van der Waals surface area contributed by atoms with Crippen molar-refractivity contribution in [2.24, 2.45) is 5.92 Å². The summed E-state index contributed by atoms with van der Waals surface area (Å²) in [6.45, 7) is 0.684. The molecule has 7 nitrogen and oxygen atoms in total. The quantitative estimate of drug-likeness (QED) is 0.771. The summed E-state index contributed by atoms with van der Waals surface area (Å²) in [6, 6.07) is 3.28. The van der Waals surface area contributed by atoms with E-state index in [4.69, 9.17) is 4.74 Å². The Bertz CT molecular complexity index is 604. The van der Waals surface area contributed by atoms with Gasteiger partial charge in [-0.3, -0.25) is 9.78 Å². The van der Waals surface area contributed by atoms with Crippen LogP contribution in [-0.2, 0) is 26.0 Å². The van der Waals surface area contributed by atoms with Gasteiger partial charge in [-0.15, -0.1) is 0 Å². The van der Waals surface area contributed by atoms with Gasteiger partial charge in [-0.1, -0.05) is 0 Å². The van der Waals surface area contributed by atoms with Crippen LogP contribution in [0.1, 0.15) is 5.56 Å². The number of amides is 1. The van der Waals surface area contributed by atoms with Crippen LogP contribution in [-0.4, -0.2) is 62.7 Å². The van der Waals surface area contributed by atoms with E-state index in [0.717, 1.165) is 5.56 Å². The molecular formula is C14H21N3O4S. The first kappa shape index (κ1) is 16.9. The molecule has 1 amide bonds. The molecule has 2 heterocycles. The van der Waals surface area contributed by atoms with Crippen LogP contribution in [0.5, 0.6) is 0 Å². The van der Waals surface area contributed by atoms with Crippen LogP contribution in [0.4, 0.5) is 0 Å². The third-order valence-electron chi connectivity index (χ3n) is 3.64. The Hall–Kier alpha value is -1.51. The number of rotatable bonds is 6. The smallest absolute Gasteiger partial charge is 0.224 e. The van der Waals surface area contributed by atoms with Gasteiger partial charge in [0.15, 0.2) is 0 Å². The van der Waals surface area contributed by atoms with Crippen LogP contribution in [0.25, 0.3) is 0 Å². The first-order chi connectivity index (χ1) is 10.4. The number of sulfonamides is 1. The van der Waals surface area contributed by atoms with Gasteiger partial charge >= 0.3 is 0 Å². The maximum atomic E-state index is 12.1. The number of nitrogens with zero attached hydrogens (tertiary/aromatic N) is 2. The fourth-order valence-electron chi connectivity index (χ4n) is 2.29. The third-order valence-corrected chi connectivity index (χ3v) is 5.60. The summed E-state index contributed by atoms with van der Waals surface area (Å²) in [7, 11) is -0.311. The Kier molecular flexibility index (Phi) is 5.49. The van der Waals surface area contributed by atoms with Crippen molar-refractivity contribution in [2.45, 2.75) is 12.5 Å². The van der Waals surface area contributed by atoms with E-state index in [1.807, 2.05) is 0 Å². The van der Waals surface area contributed by atoms with Crippen LogP contribution in [0, 0.1) is 5.92 Å². The zero-order valence-electron chi connectivity index (χ0n) is 12.7. The maximum absolute atomic E-state index is 12.1. The van der Waals surface area contributed by atoms with E-state index in [-0.39, 0.29) is 30.0 Å². The minimum atomic E-state index is -3.32. The Labute approximate surface area is 130 Å². The summed E-state index contributed by atoms with van der Waals surface area (Å²) in [5, 5.41) is 2.87. The highest BCUT2D eigenvalue weighted by Gasteiger charge is 2.34. The van der Waals surface area contributed by atoms with E-state index in [1.54, 1.807) is 24.5 Å². The van der Waals surface area contributed by atoms with Crippen LogP contribution >= 0.6 is 0 Å². The van der Waals surface area contributed by atoms with Crippen molar-refractivity contribution < 1.29 is 17.9 Å². The standard InChI is InChI=1S/C14H21N3O4S/c1-17(2)22(19,20)10-12-8-21-9-13(12)16-14(18)7-11-3-5-15-6-4-11/h3-6,12-13H,7-10H2,1-2H3,(H,16,18)/t12-,13-/m0/s1. The molecule has 122 valence electrons. The molecule has 0 spiro atoms. The Balaban J connectivity index is 1.92. The second-order valence-electron chi connectivity index (χ2n) is 5.56. The van der Waals surface area contributed by atoms with E-state index in [0.29, 0.717) is 13.2 Å². The predicted octanol–water partition coefficient (Wildman–Crippen LogP) is -0.353. The largest absolute Gasteiger partial charge is 0.379 e. The van der Waals surface area contributed by atoms with Gasteiger partial charge in [0.1, 0.15) is 0 Å². The lowest BCUT2D eigenvalue weighted by Crippen LogP contribution is -2.44. The summed E-state index contributed by atoms with van der Waals surface area (Å²) < 4.78 is 30.5. The minimum Gasteiger partial charge on any atom is -0.379 e. The highest BCUT2D eigenvalue weighted by molar-refractivity contribution is 7.89. The summed E-state index contributed by atoms with van der Waals surface area (Å²) >= 11 is 0. The second-order valence-corrected chi connectivity index (χ2v) is 7.79.